The van der Waals surface area contributed by atoms with Crippen molar-refractivity contribution in [3.63, 3.8) is 0 Å². The number of para-hydroxylation sites is 1. The maximum absolute atomic E-state index is 13.1. The smallest absolute Gasteiger partial charge is 0.337 e. The number of rotatable bonds is 3. The molecule has 0 N–H and O–H groups in total. The van der Waals surface area contributed by atoms with E-state index in [0.29, 0.717) is 17.7 Å². The van der Waals surface area contributed by atoms with Crippen LogP contribution in [0.4, 0.5) is 5.69 Å². The van der Waals surface area contributed by atoms with E-state index >= 15 is 0 Å². The highest BCUT2D eigenvalue weighted by molar-refractivity contribution is 6.08. The van der Waals surface area contributed by atoms with Crippen molar-refractivity contribution >= 4 is 17.6 Å². The minimum absolute atomic E-state index is 0.0670. The molecule has 0 saturated heterocycles. The summed E-state index contributed by atoms with van der Waals surface area (Å²) in [7, 11) is 1.34. The summed E-state index contributed by atoms with van der Waals surface area (Å²) in [6, 6.07) is 13.0. The van der Waals surface area contributed by atoms with Crippen LogP contribution >= 0.6 is 0 Å². The van der Waals surface area contributed by atoms with Crippen LogP contribution in [0.5, 0.6) is 0 Å². The van der Waals surface area contributed by atoms with Crippen LogP contribution in [0.25, 0.3) is 0 Å². The van der Waals surface area contributed by atoms with Gasteiger partial charge < -0.3 is 9.64 Å². The van der Waals surface area contributed by atoms with Crippen LogP contribution < -0.4 is 4.90 Å². The van der Waals surface area contributed by atoms with Gasteiger partial charge in [0.2, 0.25) is 0 Å². The molecular formula is C20H21NO3. The van der Waals surface area contributed by atoms with Crippen LogP contribution in [0, 0.1) is 0 Å². The summed E-state index contributed by atoms with van der Waals surface area (Å²) < 4.78 is 4.75. The molecular weight excluding hydrogens is 302 g/mol. The normalized spacial score (nSPS) is 13.3. The first-order valence-corrected chi connectivity index (χ1v) is 8.26. The fourth-order valence-corrected chi connectivity index (χ4v) is 3.27. The number of ether oxygens (including phenoxy) is 1. The Balaban J connectivity index is 2.00. The van der Waals surface area contributed by atoms with Gasteiger partial charge in [-0.2, -0.15) is 0 Å². The molecule has 0 aliphatic carbocycles. The first kappa shape index (κ1) is 16.2. The fraction of sp³-hybridized carbons (Fsp3) is 0.300. The van der Waals surface area contributed by atoms with Gasteiger partial charge in [-0.15, -0.1) is 0 Å². The maximum atomic E-state index is 13.1. The van der Waals surface area contributed by atoms with Crippen molar-refractivity contribution in [3.05, 3.63) is 64.7 Å². The Kier molecular flexibility index (Phi) is 4.65. The van der Waals surface area contributed by atoms with Crippen LogP contribution in [0.2, 0.25) is 0 Å². The van der Waals surface area contributed by atoms with Gasteiger partial charge in [0, 0.05) is 12.1 Å². The number of carbonyl (C=O) groups excluding carboxylic acids is 2. The van der Waals surface area contributed by atoms with Crippen molar-refractivity contribution in [1.29, 1.82) is 0 Å². The Hall–Kier alpha value is -2.62. The highest BCUT2D eigenvalue weighted by atomic mass is 16.5. The standard InChI is InChI=1S/C20H21NO3/c1-3-14-7-4-8-15-11-6-12-21(18(14)15)19(22)16-9-5-10-17(13-16)20(23)24-2/h4-5,7-10,13H,3,6,11-12H2,1-2H3. The van der Waals surface area contributed by atoms with Crippen LogP contribution in [0.1, 0.15) is 45.2 Å². The summed E-state index contributed by atoms with van der Waals surface area (Å²) in [4.78, 5) is 26.6. The Morgan fingerprint density at radius 1 is 1.12 bits per heavy atom. The van der Waals surface area contributed by atoms with Crippen LogP contribution in [0.15, 0.2) is 42.5 Å². The number of hydrogen-bond acceptors (Lipinski definition) is 3. The van der Waals surface area contributed by atoms with Gasteiger partial charge in [0.15, 0.2) is 0 Å². The van der Waals surface area contributed by atoms with Gasteiger partial charge in [0.05, 0.1) is 18.4 Å². The molecule has 3 rings (SSSR count). The van der Waals surface area contributed by atoms with Crippen molar-refractivity contribution in [3.8, 4) is 0 Å². The monoisotopic (exact) mass is 323 g/mol. The predicted molar refractivity (Wildman–Crippen MR) is 93.6 cm³/mol. The van der Waals surface area contributed by atoms with E-state index in [1.165, 1.54) is 18.2 Å². The molecule has 1 aliphatic rings. The number of benzene rings is 2. The number of nitrogens with zero attached hydrogens (tertiary/aromatic N) is 1. The second-order valence-corrected chi connectivity index (χ2v) is 5.91. The molecule has 4 heteroatoms. The van der Waals surface area contributed by atoms with E-state index in [-0.39, 0.29) is 5.91 Å². The number of methoxy groups -OCH3 is 1. The molecule has 0 radical (unpaired) electrons. The first-order chi connectivity index (χ1) is 11.7. The molecule has 1 amide bonds. The minimum atomic E-state index is -0.432. The molecule has 124 valence electrons. The number of carbonyl (C=O) groups is 2. The topological polar surface area (TPSA) is 46.6 Å². The van der Waals surface area contributed by atoms with Crippen molar-refractivity contribution < 1.29 is 14.3 Å². The molecule has 2 aromatic rings. The van der Waals surface area contributed by atoms with E-state index in [1.807, 2.05) is 4.90 Å². The van der Waals surface area contributed by atoms with Gasteiger partial charge in [0.1, 0.15) is 0 Å². The lowest BCUT2D eigenvalue weighted by Crippen LogP contribution is -2.36. The summed E-state index contributed by atoms with van der Waals surface area (Å²) in [5, 5.41) is 0. The van der Waals surface area contributed by atoms with Crippen molar-refractivity contribution in [2.45, 2.75) is 26.2 Å². The average molecular weight is 323 g/mol. The summed E-state index contributed by atoms with van der Waals surface area (Å²) in [6.07, 6.45) is 2.83. The second-order valence-electron chi connectivity index (χ2n) is 5.91. The molecule has 0 saturated carbocycles. The number of hydrogen-bond donors (Lipinski definition) is 0. The molecule has 0 fully saturated rings. The summed E-state index contributed by atoms with van der Waals surface area (Å²) in [6.45, 7) is 2.80. The van der Waals surface area contributed by atoms with E-state index in [2.05, 4.69) is 25.1 Å². The number of aryl methyl sites for hydroxylation is 2. The number of fused-ring (bicyclic) bond motifs is 1. The largest absolute Gasteiger partial charge is 0.465 e. The zero-order valence-corrected chi connectivity index (χ0v) is 14.0. The molecule has 24 heavy (non-hydrogen) atoms. The summed E-state index contributed by atoms with van der Waals surface area (Å²) in [5.74, 6) is -0.499. The van der Waals surface area contributed by atoms with E-state index < -0.39 is 5.97 Å². The van der Waals surface area contributed by atoms with E-state index in [0.717, 1.165) is 24.9 Å². The van der Waals surface area contributed by atoms with Gasteiger partial charge in [-0.1, -0.05) is 31.2 Å². The molecule has 2 aromatic carbocycles. The van der Waals surface area contributed by atoms with Gasteiger partial charge in [0.25, 0.3) is 5.91 Å². The fourth-order valence-electron chi connectivity index (χ4n) is 3.27. The predicted octanol–water partition coefficient (Wildman–Crippen LogP) is 3.63. The lowest BCUT2D eigenvalue weighted by atomic mass is 9.95. The van der Waals surface area contributed by atoms with Crippen LogP contribution in [-0.2, 0) is 17.6 Å². The quantitative estimate of drug-likeness (QED) is 0.810. The second kappa shape index (κ2) is 6.87. The number of amides is 1. The Morgan fingerprint density at radius 3 is 2.62 bits per heavy atom. The van der Waals surface area contributed by atoms with Gasteiger partial charge in [-0.25, -0.2) is 4.79 Å². The molecule has 0 bridgehead atoms. The molecule has 4 nitrogen and oxygen atoms in total. The summed E-state index contributed by atoms with van der Waals surface area (Å²) >= 11 is 0. The van der Waals surface area contributed by atoms with Crippen molar-refractivity contribution in [1.82, 2.24) is 0 Å². The first-order valence-electron chi connectivity index (χ1n) is 8.26. The molecule has 0 aromatic heterocycles. The third-order valence-corrected chi connectivity index (χ3v) is 4.46. The van der Waals surface area contributed by atoms with E-state index in [9.17, 15) is 9.59 Å². The third-order valence-electron chi connectivity index (χ3n) is 4.46. The Bertz CT molecular complexity index is 768. The maximum Gasteiger partial charge on any atom is 0.337 e. The number of anilines is 1. The molecule has 1 heterocycles. The zero-order valence-electron chi connectivity index (χ0n) is 14.0. The Morgan fingerprint density at radius 2 is 1.88 bits per heavy atom. The highest BCUT2D eigenvalue weighted by Crippen LogP contribution is 2.32. The third kappa shape index (κ3) is 2.92. The lowest BCUT2D eigenvalue weighted by molar-refractivity contribution is 0.0600. The van der Waals surface area contributed by atoms with Crippen molar-refractivity contribution in [2.24, 2.45) is 0 Å². The van der Waals surface area contributed by atoms with Gasteiger partial charge in [-0.3, -0.25) is 4.79 Å². The average Bonchev–Trinajstić information content (AvgIpc) is 2.65. The van der Waals surface area contributed by atoms with E-state index in [1.54, 1.807) is 24.3 Å². The lowest BCUT2D eigenvalue weighted by Gasteiger charge is -2.31. The zero-order chi connectivity index (χ0) is 17.1. The number of esters is 1. The molecule has 0 atom stereocenters. The van der Waals surface area contributed by atoms with Gasteiger partial charge in [-0.05, 0) is 48.6 Å². The highest BCUT2D eigenvalue weighted by Gasteiger charge is 2.26. The molecule has 0 unspecified atom stereocenters. The van der Waals surface area contributed by atoms with Gasteiger partial charge >= 0.3 is 5.97 Å². The molecule has 0 spiro atoms. The molecule has 1 aliphatic heterocycles. The SMILES string of the molecule is CCc1cccc2c1N(C(=O)c1cccc(C(=O)OC)c1)CCC2. The minimum Gasteiger partial charge on any atom is -0.465 e. The van der Waals surface area contributed by atoms with E-state index in [4.69, 9.17) is 4.74 Å². The van der Waals surface area contributed by atoms with Crippen LogP contribution in [0.3, 0.4) is 0 Å². The Labute approximate surface area is 142 Å². The van der Waals surface area contributed by atoms with Crippen LogP contribution in [-0.4, -0.2) is 25.5 Å². The summed E-state index contributed by atoms with van der Waals surface area (Å²) in [5.41, 5.74) is 4.35. The van der Waals surface area contributed by atoms with Crippen molar-refractivity contribution in [2.75, 3.05) is 18.6 Å².